The molecule has 0 fully saturated rings. The van der Waals surface area contributed by atoms with Crippen molar-refractivity contribution in [2.75, 3.05) is 29.7 Å². The summed E-state index contributed by atoms with van der Waals surface area (Å²) in [5.41, 5.74) is 4.56. The third-order valence-corrected chi connectivity index (χ3v) is 4.29. The standard InChI is InChI=1S/C20H23Cl2N5O2/c1-15(25-23-14-16-4-2-3-5-19(16)28)20(26-29)24-17-6-8-18(9-7-17)27(12-10-21)13-11-22/h2-9,14,28-29H,10-13H2,1H3,(H,24,26)/b23-14+,25-15+. The molecule has 0 unspecified atom stereocenters. The molecule has 0 aliphatic carbocycles. The van der Waals surface area contributed by atoms with Crippen molar-refractivity contribution >= 4 is 52.3 Å². The van der Waals surface area contributed by atoms with E-state index in [9.17, 15) is 10.3 Å². The average Bonchev–Trinajstić information content (AvgIpc) is 2.73. The van der Waals surface area contributed by atoms with Crippen LogP contribution in [0.5, 0.6) is 5.75 Å². The van der Waals surface area contributed by atoms with Gasteiger partial charge in [0.25, 0.3) is 0 Å². The Morgan fingerprint density at radius 1 is 1.07 bits per heavy atom. The van der Waals surface area contributed by atoms with Crippen molar-refractivity contribution in [2.45, 2.75) is 6.92 Å². The zero-order chi connectivity index (χ0) is 21.1. The number of anilines is 1. The quantitative estimate of drug-likeness (QED) is 0.238. The van der Waals surface area contributed by atoms with Gasteiger partial charge >= 0.3 is 0 Å². The van der Waals surface area contributed by atoms with Crippen molar-refractivity contribution in [2.24, 2.45) is 15.2 Å². The summed E-state index contributed by atoms with van der Waals surface area (Å²) in [5.74, 6) is 1.28. The summed E-state index contributed by atoms with van der Waals surface area (Å²) in [6, 6.07) is 14.2. The molecule has 0 spiro atoms. The Bertz CT molecular complexity index is 863. The van der Waals surface area contributed by atoms with Crippen LogP contribution < -0.4 is 10.4 Å². The number of nitrogens with one attached hydrogen (secondary N) is 1. The monoisotopic (exact) mass is 435 g/mol. The van der Waals surface area contributed by atoms with Crippen molar-refractivity contribution < 1.29 is 10.3 Å². The molecule has 3 N–H and O–H groups in total. The molecule has 0 amide bonds. The highest BCUT2D eigenvalue weighted by molar-refractivity contribution is 6.40. The number of rotatable bonds is 9. The van der Waals surface area contributed by atoms with Gasteiger partial charge in [0.1, 0.15) is 11.5 Å². The topological polar surface area (TPSA) is 92.8 Å². The highest BCUT2D eigenvalue weighted by Crippen LogP contribution is 2.20. The van der Waals surface area contributed by atoms with Gasteiger partial charge in [-0.15, -0.1) is 23.2 Å². The Morgan fingerprint density at radius 3 is 2.31 bits per heavy atom. The first-order valence-corrected chi connectivity index (χ1v) is 9.97. The number of aliphatic imine (C=N–C) groups is 1. The van der Waals surface area contributed by atoms with Crippen molar-refractivity contribution in [1.29, 1.82) is 0 Å². The Hall–Kier alpha value is -2.61. The fourth-order valence-corrected chi connectivity index (χ4v) is 2.86. The highest BCUT2D eigenvalue weighted by Gasteiger charge is 2.07. The third-order valence-electron chi connectivity index (χ3n) is 3.95. The van der Waals surface area contributed by atoms with E-state index >= 15 is 0 Å². The van der Waals surface area contributed by atoms with Gasteiger partial charge in [-0.1, -0.05) is 12.1 Å². The number of benzene rings is 2. The summed E-state index contributed by atoms with van der Waals surface area (Å²) in [7, 11) is 0. The van der Waals surface area contributed by atoms with E-state index < -0.39 is 0 Å². The number of hydroxylamine groups is 1. The van der Waals surface area contributed by atoms with Crippen LogP contribution in [0.25, 0.3) is 0 Å². The Balaban J connectivity index is 2.14. The Labute approximate surface area is 180 Å². The molecule has 154 valence electrons. The molecule has 0 saturated carbocycles. The molecule has 0 aliphatic rings. The lowest BCUT2D eigenvalue weighted by Crippen LogP contribution is -2.27. The number of aromatic hydroxyl groups is 1. The molecule has 0 atom stereocenters. The molecule has 0 aromatic heterocycles. The maximum absolute atomic E-state index is 9.72. The number of alkyl halides is 2. The average molecular weight is 436 g/mol. The molecule has 0 aliphatic heterocycles. The van der Waals surface area contributed by atoms with E-state index in [4.69, 9.17) is 23.2 Å². The van der Waals surface area contributed by atoms with E-state index in [2.05, 4.69) is 20.1 Å². The molecule has 7 nitrogen and oxygen atoms in total. The van der Waals surface area contributed by atoms with Gasteiger partial charge < -0.3 is 10.0 Å². The first-order valence-electron chi connectivity index (χ1n) is 8.90. The predicted molar refractivity (Wildman–Crippen MR) is 121 cm³/mol. The van der Waals surface area contributed by atoms with Gasteiger partial charge in [-0.05, 0) is 43.3 Å². The van der Waals surface area contributed by atoms with E-state index in [1.54, 1.807) is 31.2 Å². The van der Waals surface area contributed by atoms with Crippen molar-refractivity contribution in [3.8, 4) is 5.75 Å². The minimum absolute atomic E-state index is 0.107. The van der Waals surface area contributed by atoms with Crippen LogP contribution in [-0.2, 0) is 0 Å². The van der Waals surface area contributed by atoms with Gasteiger partial charge in [-0.25, -0.2) is 4.99 Å². The largest absolute Gasteiger partial charge is 0.507 e. The van der Waals surface area contributed by atoms with Crippen molar-refractivity contribution in [1.82, 2.24) is 5.48 Å². The van der Waals surface area contributed by atoms with Crippen molar-refractivity contribution in [3.63, 3.8) is 0 Å². The third kappa shape index (κ3) is 7.05. The minimum Gasteiger partial charge on any atom is -0.507 e. The summed E-state index contributed by atoms with van der Waals surface area (Å²) in [6.07, 6.45) is 1.42. The van der Waals surface area contributed by atoms with Crippen LogP contribution in [0, 0.1) is 0 Å². The van der Waals surface area contributed by atoms with E-state index in [1.165, 1.54) is 6.21 Å². The number of para-hydroxylation sites is 1. The second-order valence-corrected chi connectivity index (χ2v) is 6.70. The number of hydrogen-bond donors (Lipinski definition) is 3. The fourth-order valence-electron chi connectivity index (χ4n) is 2.45. The number of nitrogens with zero attached hydrogens (tertiary/aromatic N) is 4. The smallest absolute Gasteiger partial charge is 0.173 e. The Morgan fingerprint density at radius 2 is 1.72 bits per heavy atom. The lowest BCUT2D eigenvalue weighted by molar-refractivity contribution is 0.236. The minimum atomic E-state index is 0.107. The lowest BCUT2D eigenvalue weighted by atomic mass is 10.2. The van der Waals surface area contributed by atoms with Crippen LogP contribution in [0.3, 0.4) is 0 Å². The molecule has 0 heterocycles. The van der Waals surface area contributed by atoms with Gasteiger partial charge in [-0.2, -0.15) is 10.2 Å². The van der Waals surface area contributed by atoms with Crippen LogP contribution in [0.2, 0.25) is 0 Å². The maximum Gasteiger partial charge on any atom is 0.173 e. The molecule has 0 bridgehead atoms. The van der Waals surface area contributed by atoms with Crippen LogP contribution in [0.1, 0.15) is 12.5 Å². The zero-order valence-electron chi connectivity index (χ0n) is 16.0. The van der Waals surface area contributed by atoms with Gasteiger partial charge in [0.2, 0.25) is 0 Å². The second-order valence-electron chi connectivity index (χ2n) is 5.94. The SMILES string of the molecule is C/C(=N\N=C\c1ccccc1O)C(=Nc1ccc(N(CCCl)CCCl)cc1)NO. The van der Waals surface area contributed by atoms with Crippen LogP contribution >= 0.6 is 23.2 Å². The normalized spacial score (nSPS) is 12.4. The van der Waals surface area contributed by atoms with E-state index in [0.717, 1.165) is 5.69 Å². The summed E-state index contributed by atoms with van der Waals surface area (Å²) in [6.45, 7) is 3.05. The van der Waals surface area contributed by atoms with Gasteiger partial charge in [-0.3, -0.25) is 10.7 Å². The summed E-state index contributed by atoms with van der Waals surface area (Å²) in [5, 5.41) is 27.1. The fraction of sp³-hybridized carbons (Fsp3) is 0.250. The van der Waals surface area contributed by atoms with E-state index in [1.807, 2.05) is 29.7 Å². The molecular formula is C20H23Cl2N5O2. The predicted octanol–water partition coefficient (Wildman–Crippen LogP) is 4.18. The molecule has 2 aromatic rings. The molecule has 2 aromatic carbocycles. The number of halogens is 2. The number of phenolic OH excluding ortho intramolecular Hbond substituents is 1. The number of hydrogen-bond acceptors (Lipinski definition) is 6. The van der Waals surface area contributed by atoms with E-state index in [-0.39, 0.29) is 11.6 Å². The molecule has 29 heavy (non-hydrogen) atoms. The second kappa shape index (κ2) is 12.1. The summed E-state index contributed by atoms with van der Waals surface area (Å²) in [4.78, 5) is 6.43. The maximum atomic E-state index is 9.72. The van der Waals surface area contributed by atoms with Crippen LogP contribution in [-0.4, -0.2) is 52.9 Å². The van der Waals surface area contributed by atoms with Crippen molar-refractivity contribution in [3.05, 3.63) is 54.1 Å². The zero-order valence-corrected chi connectivity index (χ0v) is 17.5. The Kier molecular flexibility index (Phi) is 9.43. The summed E-state index contributed by atoms with van der Waals surface area (Å²) >= 11 is 11.7. The van der Waals surface area contributed by atoms with Gasteiger partial charge in [0, 0.05) is 36.1 Å². The summed E-state index contributed by atoms with van der Waals surface area (Å²) < 4.78 is 0. The molecule has 9 heteroatoms. The number of phenols is 1. The number of amidine groups is 1. The molecule has 2 rings (SSSR count). The van der Waals surface area contributed by atoms with Gasteiger partial charge in [0.05, 0.1) is 11.9 Å². The van der Waals surface area contributed by atoms with Crippen LogP contribution in [0.4, 0.5) is 11.4 Å². The molecule has 0 radical (unpaired) electrons. The first kappa shape index (κ1) is 22.7. The molecular weight excluding hydrogens is 413 g/mol. The lowest BCUT2D eigenvalue weighted by Gasteiger charge is -2.22. The highest BCUT2D eigenvalue weighted by atomic mass is 35.5. The first-order chi connectivity index (χ1) is 14.1. The van der Waals surface area contributed by atoms with Crippen LogP contribution in [0.15, 0.2) is 63.7 Å². The van der Waals surface area contributed by atoms with E-state index in [0.29, 0.717) is 41.8 Å². The molecule has 0 saturated heterocycles. The van der Waals surface area contributed by atoms with Gasteiger partial charge in [0.15, 0.2) is 5.84 Å².